The molecule has 2 aromatic carbocycles. The zero-order valence-corrected chi connectivity index (χ0v) is 16.0. The quantitative estimate of drug-likeness (QED) is 0.565. The molecule has 142 valence electrons. The molecule has 2 aromatic rings. The van der Waals surface area contributed by atoms with Crippen LogP contribution in [-0.2, 0) is 27.1 Å². The lowest BCUT2D eigenvalue weighted by Crippen LogP contribution is -2.10. The van der Waals surface area contributed by atoms with Crippen LogP contribution in [0.1, 0.15) is 18.1 Å². The molecule has 0 unspecified atom stereocenters. The van der Waals surface area contributed by atoms with Gasteiger partial charge in [0.1, 0.15) is 11.5 Å². The molecule has 0 saturated heterocycles. The van der Waals surface area contributed by atoms with E-state index in [2.05, 4.69) is 19.1 Å². The molecule has 0 N–H and O–H groups in total. The van der Waals surface area contributed by atoms with Crippen molar-refractivity contribution in [1.82, 2.24) is 0 Å². The average molecular weight is 360 g/mol. The largest absolute Gasteiger partial charge is 0.467 e. The summed E-state index contributed by atoms with van der Waals surface area (Å²) in [6, 6.07) is 12.1. The van der Waals surface area contributed by atoms with Crippen LogP contribution >= 0.6 is 0 Å². The number of benzene rings is 2. The van der Waals surface area contributed by atoms with Crippen molar-refractivity contribution in [2.75, 3.05) is 41.5 Å². The van der Waals surface area contributed by atoms with Crippen LogP contribution in [0.15, 0.2) is 36.4 Å². The van der Waals surface area contributed by atoms with Gasteiger partial charge in [-0.3, -0.25) is 0 Å². The topological polar surface area (TPSA) is 46.2 Å². The van der Waals surface area contributed by atoms with Gasteiger partial charge >= 0.3 is 0 Å². The van der Waals surface area contributed by atoms with Gasteiger partial charge in [0.05, 0.1) is 6.61 Å². The van der Waals surface area contributed by atoms with E-state index in [4.69, 9.17) is 23.7 Å². The molecule has 0 saturated carbocycles. The van der Waals surface area contributed by atoms with E-state index >= 15 is 0 Å². The minimum Gasteiger partial charge on any atom is -0.467 e. The Bertz CT molecular complexity index is 670. The molecule has 0 amide bonds. The Labute approximate surface area is 155 Å². The normalized spacial score (nSPS) is 10.8. The first-order chi connectivity index (χ1) is 12.8. The van der Waals surface area contributed by atoms with Gasteiger partial charge in [0.2, 0.25) is 0 Å². The first-order valence-corrected chi connectivity index (χ1v) is 8.73. The number of ether oxygens (including phenoxy) is 5. The molecule has 0 heterocycles. The Morgan fingerprint density at radius 2 is 1.42 bits per heavy atom. The highest BCUT2D eigenvalue weighted by molar-refractivity contribution is 5.77. The molecule has 0 atom stereocenters. The van der Waals surface area contributed by atoms with Gasteiger partial charge < -0.3 is 23.7 Å². The van der Waals surface area contributed by atoms with E-state index in [-0.39, 0.29) is 13.6 Å². The standard InChI is InChI=1S/C21H28O5/c1-5-17-18(11-12-22-2)21(16-9-7-6-8-10-16)20(26-15-24-4)13-19(17)25-14-23-3/h6-10,13H,5,11-12,14-15H2,1-4H3. The van der Waals surface area contributed by atoms with Crippen LogP contribution < -0.4 is 9.47 Å². The Morgan fingerprint density at radius 1 is 0.769 bits per heavy atom. The molecule has 0 aliphatic carbocycles. The van der Waals surface area contributed by atoms with E-state index in [0.29, 0.717) is 6.61 Å². The van der Waals surface area contributed by atoms with Crippen LogP contribution in [0.2, 0.25) is 0 Å². The Morgan fingerprint density at radius 3 is 2.00 bits per heavy atom. The highest BCUT2D eigenvalue weighted by Gasteiger charge is 2.20. The second-order valence-corrected chi connectivity index (χ2v) is 5.77. The number of methoxy groups -OCH3 is 3. The van der Waals surface area contributed by atoms with Crippen LogP contribution in [0.25, 0.3) is 11.1 Å². The summed E-state index contributed by atoms with van der Waals surface area (Å²) < 4.78 is 27.3. The lowest BCUT2D eigenvalue weighted by Gasteiger charge is -2.22. The zero-order valence-electron chi connectivity index (χ0n) is 16.0. The Balaban J connectivity index is 2.66. The third-order valence-electron chi connectivity index (χ3n) is 4.11. The molecule has 0 radical (unpaired) electrons. The van der Waals surface area contributed by atoms with Crippen LogP contribution in [0.4, 0.5) is 0 Å². The van der Waals surface area contributed by atoms with Crippen molar-refractivity contribution >= 4 is 0 Å². The third kappa shape index (κ3) is 4.97. The molecule has 26 heavy (non-hydrogen) atoms. The summed E-state index contributed by atoms with van der Waals surface area (Å²) in [6.07, 6.45) is 1.60. The maximum Gasteiger partial charge on any atom is 0.188 e. The van der Waals surface area contributed by atoms with Crippen molar-refractivity contribution < 1.29 is 23.7 Å². The summed E-state index contributed by atoms with van der Waals surface area (Å²) in [5.74, 6) is 1.50. The van der Waals surface area contributed by atoms with Crippen molar-refractivity contribution in [2.24, 2.45) is 0 Å². The molecule has 0 aromatic heterocycles. The molecule has 0 spiro atoms. The van der Waals surface area contributed by atoms with Gasteiger partial charge in [-0.25, -0.2) is 0 Å². The van der Waals surface area contributed by atoms with Gasteiger partial charge in [-0.05, 0) is 29.5 Å². The second kappa shape index (κ2) is 10.8. The minimum absolute atomic E-state index is 0.165. The SMILES string of the molecule is CCc1c(OCOC)cc(OCOC)c(-c2ccccc2)c1CCOC. The van der Waals surface area contributed by atoms with Crippen molar-refractivity contribution in [3.63, 3.8) is 0 Å². The molecular formula is C21H28O5. The number of hydrogen-bond acceptors (Lipinski definition) is 5. The summed E-state index contributed by atoms with van der Waals surface area (Å²) in [7, 11) is 4.93. The van der Waals surface area contributed by atoms with Gasteiger partial charge in [0, 0.05) is 33.0 Å². The van der Waals surface area contributed by atoms with Crippen LogP contribution in [0.3, 0.4) is 0 Å². The molecule has 0 bridgehead atoms. The lowest BCUT2D eigenvalue weighted by atomic mass is 9.90. The van der Waals surface area contributed by atoms with Crippen molar-refractivity contribution in [3.8, 4) is 22.6 Å². The maximum atomic E-state index is 5.90. The van der Waals surface area contributed by atoms with E-state index in [9.17, 15) is 0 Å². The smallest absolute Gasteiger partial charge is 0.188 e. The van der Waals surface area contributed by atoms with Gasteiger partial charge in [-0.2, -0.15) is 0 Å². The van der Waals surface area contributed by atoms with Gasteiger partial charge in [0.15, 0.2) is 13.6 Å². The monoisotopic (exact) mass is 360 g/mol. The fourth-order valence-electron chi connectivity index (χ4n) is 3.00. The number of hydrogen-bond donors (Lipinski definition) is 0. The van der Waals surface area contributed by atoms with E-state index in [1.165, 1.54) is 5.56 Å². The van der Waals surface area contributed by atoms with Gasteiger partial charge in [-0.15, -0.1) is 0 Å². The summed E-state index contributed by atoms with van der Waals surface area (Å²) in [5, 5.41) is 0. The van der Waals surface area contributed by atoms with E-state index in [1.807, 2.05) is 24.3 Å². The summed E-state index contributed by atoms with van der Waals surface area (Å²) in [4.78, 5) is 0. The van der Waals surface area contributed by atoms with Crippen molar-refractivity contribution in [3.05, 3.63) is 47.5 Å². The molecule has 0 fully saturated rings. The number of rotatable bonds is 11. The average Bonchev–Trinajstić information content (AvgIpc) is 2.69. The predicted molar refractivity (Wildman–Crippen MR) is 102 cm³/mol. The summed E-state index contributed by atoms with van der Waals surface area (Å²) >= 11 is 0. The molecule has 0 aliphatic rings. The molecule has 0 aliphatic heterocycles. The Hall–Kier alpha value is -2.08. The second-order valence-electron chi connectivity index (χ2n) is 5.77. The van der Waals surface area contributed by atoms with Crippen molar-refractivity contribution in [1.29, 1.82) is 0 Å². The maximum absolute atomic E-state index is 5.90. The molecular weight excluding hydrogens is 332 g/mol. The van der Waals surface area contributed by atoms with E-state index in [1.54, 1.807) is 21.3 Å². The lowest BCUT2D eigenvalue weighted by molar-refractivity contribution is 0.0457. The molecule has 5 nitrogen and oxygen atoms in total. The molecule has 5 heteroatoms. The highest BCUT2D eigenvalue weighted by Crippen LogP contribution is 2.41. The first kappa shape index (κ1) is 20.2. The van der Waals surface area contributed by atoms with Gasteiger partial charge in [0.25, 0.3) is 0 Å². The van der Waals surface area contributed by atoms with E-state index < -0.39 is 0 Å². The summed E-state index contributed by atoms with van der Waals surface area (Å²) in [6.45, 7) is 3.09. The van der Waals surface area contributed by atoms with Gasteiger partial charge in [-0.1, -0.05) is 37.3 Å². The highest BCUT2D eigenvalue weighted by atomic mass is 16.7. The fourth-order valence-corrected chi connectivity index (χ4v) is 3.00. The predicted octanol–water partition coefficient (Wildman–Crippen LogP) is 4.07. The van der Waals surface area contributed by atoms with Crippen LogP contribution in [0.5, 0.6) is 11.5 Å². The van der Waals surface area contributed by atoms with Crippen LogP contribution in [0, 0.1) is 0 Å². The van der Waals surface area contributed by atoms with Crippen LogP contribution in [-0.4, -0.2) is 41.5 Å². The van der Waals surface area contributed by atoms with Crippen molar-refractivity contribution in [2.45, 2.75) is 19.8 Å². The zero-order chi connectivity index (χ0) is 18.8. The third-order valence-corrected chi connectivity index (χ3v) is 4.11. The van der Waals surface area contributed by atoms with E-state index in [0.717, 1.165) is 41.0 Å². The Kier molecular flexibility index (Phi) is 8.41. The minimum atomic E-state index is 0.165. The fraction of sp³-hybridized carbons (Fsp3) is 0.429. The molecule has 2 rings (SSSR count). The summed E-state index contributed by atoms with van der Waals surface area (Å²) in [5.41, 5.74) is 4.46. The first-order valence-electron chi connectivity index (χ1n) is 8.73.